The largest absolute Gasteiger partial charge is 0.341 e. The van der Waals surface area contributed by atoms with Crippen molar-refractivity contribution in [1.29, 1.82) is 0 Å². The number of nitrogens with zero attached hydrogens (tertiary/aromatic N) is 4. The minimum absolute atomic E-state index is 0.0847. The number of rotatable bonds is 6. The van der Waals surface area contributed by atoms with Gasteiger partial charge in [0.05, 0.1) is 11.4 Å². The summed E-state index contributed by atoms with van der Waals surface area (Å²) in [6, 6.07) is 12.7. The Morgan fingerprint density at radius 3 is 2.38 bits per heavy atom. The van der Waals surface area contributed by atoms with Gasteiger partial charge in [-0.3, -0.25) is 19.5 Å². The van der Waals surface area contributed by atoms with Gasteiger partial charge in [-0.1, -0.05) is 49.6 Å². The summed E-state index contributed by atoms with van der Waals surface area (Å²) in [5, 5.41) is 5.57. The molecule has 9 heteroatoms. The lowest BCUT2D eigenvalue weighted by Gasteiger charge is -2.30. The molecule has 1 unspecified atom stereocenters. The van der Waals surface area contributed by atoms with Gasteiger partial charge >= 0.3 is 6.03 Å². The van der Waals surface area contributed by atoms with Crippen LogP contribution in [-0.4, -0.2) is 79.8 Å². The third-order valence-corrected chi connectivity index (χ3v) is 7.12. The van der Waals surface area contributed by atoms with Crippen LogP contribution in [-0.2, 0) is 9.59 Å². The highest BCUT2D eigenvalue weighted by Crippen LogP contribution is 2.30. The van der Waals surface area contributed by atoms with Crippen molar-refractivity contribution in [1.82, 2.24) is 15.1 Å². The summed E-state index contributed by atoms with van der Waals surface area (Å²) in [5.74, 6) is -0.516. The first kappa shape index (κ1) is 28.3. The number of likely N-dealkylation sites (tertiary alicyclic amines) is 1. The van der Waals surface area contributed by atoms with E-state index in [4.69, 9.17) is 4.99 Å². The predicted molar refractivity (Wildman–Crippen MR) is 155 cm³/mol. The number of amides is 4. The highest BCUT2D eigenvalue weighted by Gasteiger charge is 2.35. The van der Waals surface area contributed by atoms with E-state index in [0.29, 0.717) is 36.7 Å². The average molecular weight is 533 g/mol. The van der Waals surface area contributed by atoms with Gasteiger partial charge in [0.1, 0.15) is 6.54 Å². The minimum atomic E-state index is -1.18. The van der Waals surface area contributed by atoms with Crippen LogP contribution in [0.15, 0.2) is 47.5 Å². The maximum Gasteiger partial charge on any atom is 0.321 e. The minimum Gasteiger partial charge on any atom is -0.341 e. The molecule has 208 valence electrons. The zero-order valence-electron chi connectivity index (χ0n) is 23.5. The van der Waals surface area contributed by atoms with Crippen molar-refractivity contribution in [3.05, 3.63) is 59.2 Å². The molecule has 0 aliphatic carbocycles. The second-order valence-electron chi connectivity index (χ2n) is 10.7. The van der Waals surface area contributed by atoms with Crippen LogP contribution in [0.5, 0.6) is 0 Å². The number of nitrogens with one attached hydrogen (secondary N) is 2. The highest BCUT2D eigenvalue weighted by atomic mass is 16.2. The Hall–Kier alpha value is -3.72. The van der Waals surface area contributed by atoms with Crippen molar-refractivity contribution in [2.75, 3.05) is 50.5 Å². The smallest absolute Gasteiger partial charge is 0.321 e. The van der Waals surface area contributed by atoms with Gasteiger partial charge in [-0.15, -0.1) is 0 Å². The number of anilines is 2. The Morgan fingerprint density at radius 1 is 1.00 bits per heavy atom. The molecule has 4 rings (SSSR count). The van der Waals surface area contributed by atoms with Crippen LogP contribution in [0.4, 0.5) is 16.2 Å². The lowest BCUT2D eigenvalue weighted by Crippen LogP contribution is -2.52. The molecule has 9 nitrogen and oxygen atoms in total. The molecule has 2 aliphatic rings. The normalized spacial score (nSPS) is 18.0. The molecule has 2 aromatic rings. The lowest BCUT2D eigenvalue weighted by atomic mass is 10.0. The second-order valence-corrected chi connectivity index (χ2v) is 10.7. The van der Waals surface area contributed by atoms with E-state index < -0.39 is 18.1 Å². The van der Waals surface area contributed by atoms with Gasteiger partial charge < -0.3 is 20.4 Å². The van der Waals surface area contributed by atoms with Gasteiger partial charge in [0.25, 0.3) is 5.91 Å². The number of hydrogen-bond donors (Lipinski definition) is 2. The molecule has 0 spiro atoms. The van der Waals surface area contributed by atoms with E-state index in [9.17, 15) is 14.4 Å². The molecule has 39 heavy (non-hydrogen) atoms. The van der Waals surface area contributed by atoms with Crippen LogP contribution < -0.4 is 15.5 Å². The SMILES string of the molecule is Cc1cccc(NC(=O)NC2N=C(CN(C)C)c3cccc(C)c3N(CC(=O)N3CCCCCCC3)C2=O)c1. The zero-order chi connectivity index (χ0) is 27.9. The number of para-hydroxylation sites is 1. The molecule has 1 fully saturated rings. The number of fused-ring (bicyclic) bond motifs is 1. The standard InChI is InChI=1S/C30H40N6O3/c1-21-12-10-14-23(18-21)31-30(39)33-28-29(38)36(20-26(37)35-16-8-6-5-7-9-17-35)27-22(2)13-11-15-24(27)25(32-28)19-34(3)4/h10-15,18,28H,5-9,16-17,19-20H2,1-4H3,(H2,31,33,39). The summed E-state index contributed by atoms with van der Waals surface area (Å²) in [4.78, 5) is 50.8. The van der Waals surface area contributed by atoms with E-state index >= 15 is 0 Å². The van der Waals surface area contributed by atoms with Gasteiger partial charge in [-0.2, -0.15) is 0 Å². The lowest BCUT2D eigenvalue weighted by molar-refractivity contribution is -0.132. The highest BCUT2D eigenvalue weighted by molar-refractivity contribution is 6.15. The Kier molecular flexibility index (Phi) is 9.35. The topological polar surface area (TPSA) is 97.3 Å². The number of likely N-dealkylation sites (N-methyl/N-ethyl adjacent to an activating group) is 1. The number of carbonyl (C=O) groups excluding carboxylic acids is 3. The van der Waals surface area contributed by atoms with Crippen molar-refractivity contribution in [3.8, 4) is 0 Å². The summed E-state index contributed by atoms with van der Waals surface area (Å²) >= 11 is 0. The Bertz CT molecular complexity index is 1230. The van der Waals surface area contributed by atoms with E-state index in [1.165, 1.54) is 11.3 Å². The fourth-order valence-electron chi connectivity index (χ4n) is 5.21. The van der Waals surface area contributed by atoms with E-state index in [1.807, 2.05) is 74.1 Å². The maximum atomic E-state index is 14.1. The molecule has 2 N–H and O–H groups in total. The number of benzene rings is 2. The second kappa shape index (κ2) is 12.9. The van der Waals surface area contributed by atoms with Crippen molar-refractivity contribution in [2.45, 2.75) is 52.1 Å². The van der Waals surface area contributed by atoms with Crippen LogP contribution >= 0.6 is 0 Å². The third-order valence-electron chi connectivity index (χ3n) is 7.12. The Morgan fingerprint density at radius 2 is 1.69 bits per heavy atom. The molecule has 2 aromatic carbocycles. The molecular formula is C30H40N6O3. The third kappa shape index (κ3) is 7.23. The molecule has 1 atom stereocenters. The summed E-state index contributed by atoms with van der Waals surface area (Å²) in [7, 11) is 3.86. The first-order chi connectivity index (χ1) is 18.7. The van der Waals surface area contributed by atoms with Crippen molar-refractivity contribution in [3.63, 3.8) is 0 Å². The number of aryl methyl sites for hydroxylation is 2. The van der Waals surface area contributed by atoms with Crippen LogP contribution in [0.25, 0.3) is 0 Å². The van der Waals surface area contributed by atoms with Gasteiger partial charge in [-0.05, 0) is 64.0 Å². The van der Waals surface area contributed by atoms with Crippen LogP contribution in [0.3, 0.4) is 0 Å². The van der Waals surface area contributed by atoms with E-state index in [1.54, 1.807) is 6.07 Å². The molecule has 2 heterocycles. The van der Waals surface area contributed by atoms with E-state index in [0.717, 1.165) is 42.4 Å². The van der Waals surface area contributed by atoms with E-state index in [-0.39, 0.29) is 12.5 Å². The summed E-state index contributed by atoms with van der Waals surface area (Å²) in [6.45, 7) is 5.64. The van der Waals surface area contributed by atoms with Crippen molar-refractivity contribution >= 4 is 34.9 Å². The van der Waals surface area contributed by atoms with Gasteiger partial charge in [0.15, 0.2) is 0 Å². The molecule has 0 radical (unpaired) electrons. The molecule has 0 aromatic heterocycles. The van der Waals surface area contributed by atoms with Crippen LogP contribution in [0.1, 0.15) is 48.8 Å². The predicted octanol–water partition coefficient (Wildman–Crippen LogP) is 3.94. The summed E-state index contributed by atoms with van der Waals surface area (Å²) in [5.41, 5.74) is 4.64. The fraction of sp³-hybridized carbons (Fsp3) is 0.467. The summed E-state index contributed by atoms with van der Waals surface area (Å²) < 4.78 is 0. The first-order valence-electron chi connectivity index (χ1n) is 13.8. The number of hydrogen-bond acceptors (Lipinski definition) is 5. The van der Waals surface area contributed by atoms with Gasteiger partial charge in [-0.25, -0.2) is 4.79 Å². The monoisotopic (exact) mass is 532 g/mol. The molecule has 2 aliphatic heterocycles. The molecule has 0 saturated carbocycles. The van der Waals surface area contributed by atoms with Crippen LogP contribution in [0, 0.1) is 13.8 Å². The molecule has 1 saturated heterocycles. The Balaban J connectivity index is 1.66. The van der Waals surface area contributed by atoms with Gasteiger partial charge in [0, 0.05) is 30.9 Å². The zero-order valence-corrected chi connectivity index (χ0v) is 23.5. The van der Waals surface area contributed by atoms with Crippen LogP contribution in [0.2, 0.25) is 0 Å². The Labute approximate surface area is 231 Å². The molecular weight excluding hydrogens is 492 g/mol. The number of carbonyl (C=O) groups is 3. The average Bonchev–Trinajstić information content (AvgIpc) is 2.95. The number of benzodiazepines with no additional fused rings is 1. The maximum absolute atomic E-state index is 14.1. The number of aliphatic imine (C=N–C) groups is 1. The van der Waals surface area contributed by atoms with Gasteiger partial charge in [0.2, 0.25) is 12.1 Å². The van der Waals surface area contributed by atoms with E-state index in [2.05, 4.69) is 10.6 Å². The fourth-order valence-corrected chi connectivity index (χ4v) is 5.21. The van der Waals surface area contributed by atoms with Crippen molar-refractivity contribution < 1.29 is 14.4 Å². The molecule has 4 amide bonds. The number of urea groups is 1. The van der Waals surface area contributed by atoms with Crippen molar-refractivity contribution in [2.24, 2.45) is 4.99 Å². The quantitative estimate of drug-likeness (QED) is 0.589. The first-order valence-corrected chi connectivity index (χ1v) is 13.8. The summed E-state index contributed by atoms with van der Waals surface area (Å²) in [6.07, 6.45) is 4.17. The molecule has 0 bridgehead atoms.